The SMILES string of the molecule is CCCCCCCCC/C=C\CCCCCCCC(=O)NC(COC1OC(CO)C(OC2OC(CO)C(O)C(O)C2O)C(O)C1O)C(O)CCCCCCCCC. The molecule has 12 atom stereocenters. The van der Waals surface area contributed by atoms with Crippen LogP contribution in [0.25, 0.3) is 0 Å². The first-order valence-electron chi connectivity index (χ1n) is 22.4. The monoisotopic (exact) mass is 820 g/mol. The van der Waals surface area contributed by atoms with Gasteiger partial charge in [-0.05, 0) is 38.5 Å². The summed E-state index contributed by atoms with van der Waals surface area (Å²) < 4.78 is 22.6. The Morgan fingerprint density at radius 1 is 0.614 bits per heavy atom. The summed E-state index contributed by atoms with van der Waals surface area (Å²) in [7, 11) is 0. The number of ether oxygens (including phenoxy) is 4. The van der Waals surface area contributed by atoms with Gasteiger partial charge in [-0.2, -0.15) is 0 Å². The van der Waals surface area contributed by atoms with Gasteiger partial charge >= 0.3 is 0 Å². The zero-order valence-corrected chi connectivity index (χ0v) is 35.1. The predicted molar refractivity (Wildman–Crippen MR) is 217 cm³/mol. The van der Waals surface area contributed by atoms with Gasteiger partial charge in [0, 0.05) is 6.42 Å². The first-order chi connectivity index (χ1) is 27.6. The summed E-state index contributed by atoms with van der Waals surface area (Å²) >= 11 is 0. The average Bonchev–Trinajstić information content (AvgIpc) is 3.21. The Hall–Kier alpha value is -1.27. The third-order valence-corrected chi connectivity index (χ3v) is 11.2. The Labute approximate surface area is 342 Å². The van der Waals surface area contributed by atoms with Crippen molar-refractivity contribution in [1.82, 2.24) is 5.32 Å². The lowest BCUT2D eigenvalue weighted by Gasteiger charge is -2.46. The molecule has 2 fully saturated rings. The van der Waals surface area contributed by atoms with Gasteiger partial charge in [0.05, 0.1) is 32.0 Å². The molecule has 0 aromatic carbocycles. The number of carbonyl (C=O) groups excluding carboxylic acids is 1. The maximum Gasteiger partial charge on any atom is 0.220 e. The van der Waals surface area contributed by atoms with Crippen LogP contribution < -0.4 is 5.32 Å². The lowest BCUT2D eigenvalue weighted by molar-refractivity contribution is -0.359. The number of rotatable bonds is 33. The Morgan fingerprint density at radius 2 is 1.11 bits per heavy atom. The molecular weight excluding hydrogens is 738 g/mol. The molecule has 2 heterocycles. The minimum Gasteiger partial charge on any atom is -0.394 e. The second-order valence-corrected chi connectivity index (χ2v) is 16.2. The van der Waals surface area contributed by atoms with Gasteiger partial charge in [0.25, 0.3) is 0 Å². The van der Waals surface area contributed by atoms with E-state index in [0.717, 1.165) is 64.2 Å². The molecule has 0 radical (unpaired) electrons. The number of unbranched alkanes of at least 4 members (excludes halogenated alkanes) is 18. The Bertz CT molecular complexity index is 1020. The molecule has 2 aliphatic heterocycles. The van der Waals surface area contributed by atoms with E-state index in [1.165, 1.54) is 64.2 Å². The van der Waals surface area contributed by atoms with E-state index in [4.69, 9.17) is 18.9 Å². The molecule has 9 N–H and O–H groups in total. The maximum atomic E-state index is 13.1. The lowest BCUT2D eigenvalue weighted by atomic mass is 9.97. The highest BCUT2D eigenvalue weighted by Crippen LogP contribution is 2.30. The topological polar surface area (TPSA) is 228 Å². The number of aliphatic hydroxyl groups is 8. The molecule has 0 aliphatic carbocycles. The van der Waals surface area contributed by atoms with Crippen LogP contribution in [-0.2, 0) is 23.7 Å². The minimum atomic E-state index is -1.78. The largest absolute Gasteiger partial charge is 0.394 e. The number of hydrogen-bond donors (Lipinski definition) is 9. The molecule has 57 heavy (non-hydrogen) atoms. The highest BCUT2D eigenvalue weighted by atomic mass is 16.7. The summed E-state index contributed by atoms with van der Waals surface area (Å²) in [5.41, 5.74) is 0. The van der Waals surface area contributed by atoms with Crippen molar-refractivity contribution in [3.05, 3.63) is 12.2 Å². The first kappa shape index (κ1) is 51.9. The lowest BCUT2D eigenvalue weighted by Crippen LogP contribution is -2.65. The zero-order chi connectivity index (χ0) is 41.8. The van der Waals surface area contributed by atoms with Crippen molar-refractivity contribution in [1.29, 1.82) is 0 Å². The molecule has 0 aromatic rings. The second-order valence-electron chi connectivity index (χ2n) is 16.2. The fraction of sp³-hybridized carbons (Fsp3) is 0.930. The van der Waals surface area contributed by atoms with E-state index in [1.807, 2.05) is 0 Å². The molecule has 2 saturated heterocycles. The van der Waals surface area contributed by atoms with Gasteiger partial charge in [0.2, 0.25) is 5.91 Å². The number of allylic oxidation sites excluding steroid dienone is 2. The van der Waals surface area contributed by atoms with Gasteiger partial charge in [0.1, 0.15) is 48.8 Å². The molecule has 0 bridgehead atoms. The fourth-order valence-corrected chi connectivity index (χ4v) is 7.46. The zero-order valence-electron chi connectivity index (χ0n) is 35.1. The van der Waals surface area contributed by atoms with Crippen molar-refractivity contribution >= 4 is 5.91 Å². The van der Waals surface area contributed by atoms with Crippen LogP contribution in [0.1, 0.15) is 162 Å². The summed E-state index contributed by atoms with van der Waals surface area (Å²) in [5.74, 6) is -0.220. The van der Waals surface area contributed by atoms with Crippen LogP contribution in [0.2, 0.25) is 0 Å². The third-order valence-electron chi connectivity index (χ3n) is 11.2. The summed E-state index contributed by atoms with van der Waals surface area (Å²) in [4.78, 5) is 13.1. The number of nitrogens with one attached hydrogen (secondary N) is 1. The van der Waals surface area contributed by atoms with Crippen LogP contribution in [-0.4, -0.2) is 140 Å². The van der Waals surface area contributed by atoms with Crippen LogP contribution in [0.15, 0.2) is 12.2 Å². The van der Waals surface area contributed by atoms with Gasteiger partial charge in [-0.15, -0.1) is 0 Å². The average molecular weight is 820 g/mol. The smallest absolute Gasteiger partial charge is 0.220 e. The van der Waals surface area contributed by atoms with Crippen LogP contribution >= 0.6 is 0 Å². The molecule has 14 heteroatoms. The van der Waals surface area contributed by atoms with Crippen molar-refractivity contribution in [2.75, 3.05) is 19.8 Å². The van der Waals surface area contributed by atoms with Crippen LogP contribution in [0.4, 0.5) is 0 Å². The standard InChI is InChI=1S/C43H81NO13/c1-3-5-7-9-11-12-13-14-15-16-17-18-19-21-23-25-27-35(48)44-31(32(47)26-24-22-20-10-8-6-4-2)30-54-42-40(53)38(51)41(34(29-46)56-42)57-43-39(52)37(50)36(49)33(28-45)55-43/h15-16,31-34,36-43,45-47,49-53H,3-14,17-30H2,1-2H3,(H,44,48)/b16-15-. The molecule has 1 amide bonds. The number of aliphatic hydroxyl groups excluding tert-OH is 8. The Morgan fingerprint density at radius 3 is 1.67 bits per heavy atom. The van der Waals surface area contributed by atoms with Crippen LogP contribution in [0, 0.1) is 0 Å². The van der Waals surface area contributed by atoms with E-state index in [-0.39, 0.29) is 12.5 Å². The summed E-state index contributed by atoms with van der Waals surface area (Å²) in [5, 5.41) is 86.3. The van der Waals surface area contributed by atoms with Crippen LogP contribution in [0.5, 0.6) is 0 Å². The second kappa shape index (κ2) is 31.6. The quantitative estimate of drug-likeness (QED) is 0.0337. The van der Waals surface area contributed by atoms with Crippen LogP contribution in [0.3, 0.4) is 0 Å². The highest BCUT2D eigenvalue weighted by molar-refractivity contribution is 5.76. The molecule has 0 spiro atoms. The molecule has 0 saturated carbocycles. The number of amides is 1. The van der Waals surface area contributed by atoms with E-state index < -0.39 is 86.8 Å². The number of hydrogen-bond acceptors (Lipinski definition) is 13. The minimum absolute atomic E-state index is 0.220. The van der Waals surface area contributed by atoms with E-state index in [0.29, 0.717) is 19.3 Å². The van der Waals surface area contributed by atoms with Crippen molar-refractivity contribution in [3.63, 3.8) is 0 Å². The summed E-state index contributed by atoms with van der Waals surface area (Å²) in [6.45, 7) is 2.76. The van der Waals surface area contributed by atoms with E-state index in [1.54, 1.807) is 0 Å². The maximum absolute atomic E-state index is 13.1. The van der Waals surface area contributed by atoms with E-state index in [9.17, 15) is 45.6 Å². The molecule has 14 nitrogen and oxygen atoms in total. The Balaban J connectivity index is 1.84. The first-order valence-corrected chi connectivity index (χ1v) is 22.4. The van der Waals surface area contributed by atoms with Crippen molar-refractivity contribution in [2.24, 2.45) is 0 Å². The molecule has 0 aromatic heterocycles. The predicted octanol–water partition coefficient (Wildman–Crippen LogP) is 4.04. The van der Waals surface area contributed by atoms with Crippen molar-refractivity contribution < 1.29 is 64.6 Å². The van der Waals surface area contributed by atoms with Gasteiger partial charge in [0.15, 0.2) is 12.6 Å². The molecule has 12 unspecified atom stereocenters. The van der Waals surface area contributed by atoms with Gasteiger partial charge in [-0.3, -0.25) is 4.79 Å². The normalized spacial score (nSPS) is 29.2. The Kier molecular flexibility index (Phi) is 28.7. The van der Waals surface area contributed by atoms with Gasteiger partial charge in [-0.25, -0.2) is 0 Å². The number of carbonyl (C=O) groups is 1. The van der Waals surface area contributed by atoms with Gasteiger partial charge in [-0.1, -0.05) is 129 Å². The van der Waals surface area contributed by atoms with Crippen molar-refractivity contribution in [2.45, 2.75) is 235 Å². The highest BCUT2D eigenvalue weighted by Gasteiger charge is 2.51. The molecule has 2 rings (SSSR count). The molecule has 2 aliphatic rings. The van der Waals surface area contributed by atoms with E-state index in [2.05, 4.69) is 31.3 Å². The van der Waals surface area contributed by atoms with Crippen molar-refractivity contribution in [3.8, 4) is 0 Å². The molecular formula is C43H81NO13. The fourth-order valence-electron chi connectivity index (χ4n) is 7.46. The van der Waals surface area contributed by atoms with Gasteiger partial charge < -0.3 is 65.1 Å². The summed E-state index contributed by atoms with van der Waals surface area (Å²) in [6, 6.07) is -0.825. The summed E-state index contributed by atoms with van der Waals surface area (Å²) in [6.07, 6.45) is 12.5. The van der Waals surface area contributed by atoms with E-state index >= 15 is 0 Å². The third kappa shape index (κ3) is 20.2. The molecule has 336 valence electrons.